The molecule has 4 heteroatoms. The van der Waals surface area contributed by atoms with Crippen molar-refractivity contribution in [3.8, 4) is 11.8 Å². The molecule has 1 aromatic heterocycles. The van der Waals surface area contributed by atoms with Crippen LogP contribution in [0, 0.1) is 17.7 Å². The number of nitrogens with two attached hydrogens (primary N) is 1. The molecule has 0 aliphatic rings. The fourth-order valence-electron chi connectivity index (χ4n) is 0.729. The zero-order valence-corrected chi connectivity index (χ0v) is 7.61. The summed E-state index contributed by atoms with van der Waals surface area (Å²) < 4.78 is 12.8. The summed E-state index contributed by atoms with van der Waals surface area (Å²) in [7, 11) is 0. The van der Waals surface area contributed by atoms with Gasteiger partial charge in [0.2, 0.25) is 0 Å². The Morgan fingerprint density at radius 3 is 3.00 bits per heavy atom. The smallest absolute Gasteiger partial charge is 0.166 e. The van der Waals surface area contributed by atoms with Gasteiger partial charge in [-0.05, 0) is 6.07 Å². The maximum Gasteiger partial charge on any atom is 0.166 e. The standard InChI is InChI=1S/C9H8ClFN2/c10-4-2-1-3-7-5-8(11)9(12)13-6-7/h5-6H,2,4H2,(H2,12,13). The SMILES string of the molecule is Nc1ncc(C#CCCCl)cc1F. The van der Waals surface area contributed by atoms with Gasteiger partial charge >= 0.3 is 0 Å². The summed E-state index contributed by atoms with van der Waals surface area (Å²) in [6.07, 6.45) is 2.01. The molecule has 0 saturated carbocycles. The topological polar surface area (TPSA) is 38.9 Å². The van der Waals surface area contributed by atoms with Crippen LogP contribution in [0.3, 0.4) is 0 Å². The van der Waals surface area contributed by atoms with Crippen molar-refractivity contribution in [2.75, 3.05) is 11.6 Å². The molecule has 0 aliphatic heterocycles. The Kier molecular flexibility index (Phi) is 3.53. The number of alkyl halides is 1. The quantitative estimate of drug-likeness (QED) is 0.552. The van der Waals surface area contributed by atoms with Crippen molar-refractivity contribution < 1.29 is 4.39 Å². The van der Waals surface area contributed by atoms with Crippen LogP contribution in [0.4, 0.5) is 10.2 Å². The van der Waals surface area contributed by atoms with Crippen LogP contribution in [0.1, 0.15) is 12.0 Å². The van der Waals surface area contributed by atoms with E-state index >= 15 is 0 Å². The monoisotopic (exact) mass is 198 g/mol. The number of anilines is 1. The van der Waals surface area contributed by atoms with Gasteiger partial charge in [-0.15, -0.1) is 11.6 Å². The van der Waals surface area contributed by atoms with E-state index in [9.17, 15) is 4.39 Å². The Labute approximate surface area is 80.9 Å². The van der Waals surface area contributed by atoms with Crippen LogP contribution in [0.15, 0.2) is 12.3 Å². The third-order valence-electron chi connectivity index (χ3n) is 1.32. The van der Waals surface area contributed by atoms with Gasteiger partial charge in [-0.25, -0.2) is 9.37 Å². The van der Waals surface area contributed by atoms with E-state index in [1.54, 1.807) is 0 Å². The summed E-state index contributed by atoms with van der Waals surface area (Å²) >= 11 is 5.41. The first-order chi connectivity index (χ1) is 6.24. The zero-order valence-electron chi connectivity index (χ0n) is 6.85. The average Bonchev–Trinajstić information content (AvgIpc) is 2.12. The minimum atomic E-state index is -0.544. The summed E-state index contributed by atoms with van der Waals surface area (Å²) in [6, 6.07) is 1.25. The number of halogens is 2. The van der Waals surface area contributed by atoms with Crippen molar-refractivity contribution in [2.45, 2.75) is 6.42 Å². The van der Waals surface area contributed by atoms with Crippen molar-refractivity contribution in [1.29, 1.82) is 0 Å². The van der Waals surface area contributed by atoms with E-state index < -0.39 is 5.82 Å². The fraction of sp³-hybridized carbons (Fsp3) is 0.222. The number of nitrogen functional groups attached to an aromatic ring is 1. The molecule has 1 rings (SSSR count). The highest BCUT2D eigenvalue weighted by atomic mass is 35.5. The lowest BCUT2D eigenvalue weighted by Gasteiger charge is -1.94. The van der Waals surface area contributed by atoms with E-state index in [2.05, 4.69) is 16.8 Å². The van der Waals surface area contributed by atoms with Gasteiger partial charge in [0.05, 0.1) is 0 Å². The number of aromatic nitrogens is 1. The van der Waals surface area contributed by atoms with E-state index in [4.69, 9.17) is 17.3 Å². The second-order valence-corrected chi connectivity index (χ2v) is 2.71. The predicted molar refractivity (Wildman–Crippen MR) is 50.8 cm³/mol. The second kappa shape index (κ2) is 4.68. The molecular formula is C9H8ClFN2. The molecule has 0 amide bonds. The zero-order chi connectivity index (χ0) is 9.68. The predicted octanol–water partition coefficient (Wildman–Crippen LogP) is 1.78. The van der Waals surface area contributed by atoms with Crippen molar-refractivity contribution in [2.24, 2.45) is 0 Å². The molecule has 68 valence electrons. The molecule has 0 fully saturated rings. The minimum Gasteiger partial charge on any atom is -0.381 e. The molecule has 13 heavy (non-hydrogen) atoms. The van der Waals surface area contributed by atoms with Crippen LogP contribution in [0.5, 0.6) is 0 Å². The summed E-state index contributed by atoms with van der Waals surface area (Å²) in [6.45, 7) is 0. The van der Waals surface area contributed by atoms with Crippen molar-refractivity contribution >= 4 is 17.4 Å². The van der Waals surface area contributed by atoms with Gasteiger partial charge < -0.3 is 5.73 Å². The van der Waals surface area contributed by atoms with E-state index in [-0.39, 0.29) is 5.82 Å². The number of nitrogens with zero attached hydrogens (tertiary/aromatic N) is 1. The number of pyridine rings is 1. The Balaban J connectivity index is 2.81. The highest BCUT2D eigenvalue weighted by Crippen LogP contribution is 2.06. The molecule has 0 aromatic carbocycles. The Morgan fingerprint density at radius 1 is 1.62 bits per heavy atom. The van der Waals surface area contributed by atoms with E-state index in [0.717, 1.165) is 0 Å². The lowest BCUT2D eigenvalue weighted by molar-refractivity contribution is 0.626. The second-order valence-electron chi connectivity index (χ2n) is 2.33. The molecule has 0 radical (unpaired) electrons. The Morgan fingerprint density at radius 2 is 2.38 bits per heavy atom. The van der Waals surface area contributed by atoms with Crippen molar-refractivity contribution in [3.63, 3.8) is 0 Å². The van der Waals surface area contributed by atoms with Crippen LogP contribution in [-0.2, 0) is 0 Å². The lowest BCUT2D eigenvalue weighted by Crippen LogP contribution is -1.94. The molecule has 0 bridgehead atoms. The molecule has 1 aromatic rings. The van der Waals surface area contributed by atoms with Crippen molar-refractivity contribution in [3.05, 3.63) is 23.6 Å². The Bertz CT molecular complexity index is 354. The van der Waals surface area contributed by atoms with E-state index in [0.29, 0.717) is 17.9 Å². The van der Waals surface area contributed by atoms with Gasteiger partial charge in [-0.3, -0.25) is 0 Å². The molecule has 0 unspecified atom stereocenters. The number of hydrogen-bond donors (Lipinski definition) is 1. The van der Waals surface area contributed by atoms with Crippen LogP contribution < -0.4 is 5.73 Å². The first-order valence-electron chi connectivity index (χ1n) is 3.70. The molecule has 0 saturated heterocycles. The lowest BCUT2D eigenvalue weighted by atomic mass is 10.2. The van der Waals surface area contributed by atoms with Gasteiger partial charge in [-0.2, -0.15) is 0 Å². The van der Waals surface area contributed by atoms with Gasteiger partial charge in [0.25, 0.3) is 0 Å². The van der Waals surface area contributed by atoms with Crippen LogP contribution in [0.25, 0.3) is 0 Å². The third-order valence-corrected chi connectivity index (χ3v) is 1.51. The normalized spacial score (nSPS) is 9.08. The number of hydrogen-bond acceptors (Lipinski definition) is 2. The molecule has 0 aliphatic carbocycles. The summed E-state index contributed by atoms with van der Waals surface area (Å²) in [5.41, 5.74) is 5.70. The third kappa shape index (κ3) is 2.92. The fourth-order valence-corrected chi connectivity index (χ4v) is 0.823. The molecule has 0 atom stereocenters. The molecule has 1 heterocycles. The van der Waals surface area contributed by atoms with Crippen LogP contribution in [-0.4, -0.2) is 10.9 Å². The van der Waals surface area contributed by atoms with Crippen LogP contribution >= 0.6 is 11.6 Å². The molecule has 2 nitrogen and oxygen atoms in total. The van der Waals surface area contributed by atoms with Gasteiger partial charge in [0.1, 0.15) is 0 Å². The first-order valence-corrected chi connectivity index (χ1v) is 4.23. The Hall–Kier alpha value is -1.27. The van der Waals surface area contributed by atoms with Crippen molar-refractivity contribution in [1.82, 2.24) is 4.98 Å². The molecule has 2 N–H and O–H groups in total. The number of rotatable bonds is 1. The van der Waals surface area contributed by atoms with E-state index in [1.807, 2.05) is 0 Å². The minimum absolute atomic E-state index is 0.108. The maximum atomic E-state index is 12.8. The van der Waals surface area contributed by atoms with Gasteiger partial charge in [-0.1, -0.05) is 11.8 Å². The van der Waals surface area contributed by atoms with Crippen LogP contribution in [0.2, 0.25) is 0 Å². The highest BCUT2D eigenvalue weighted by molar-refractivity contribution is 6.18. The first kappa shape index (κ1) is 9.82. The summed E-state index contributed by atoms with van der Waals surface area (Å²) in [5.74, 6) is 5.31. The van der Waals surface area contributed by atoms with Gasteiger partial charge in [0.15, 0.2) is 11.6 Å². The van der Waals surface area contributed by atoms with Gasteiger partial charge in [0, 0.05) is 24.1 Å². The molecule has 0 spiro atoms. The van der Waals surface area contributed by atoms with E-state index in [1.165, 1.54) is 12.3 Å². The summed E-state index contributed by atoms with van der Waals surface area (Å²) in [4.78, 5) is 3.62. The molecular weight excluding hydrogens is 191 g/mol. The average molecular weight is 199 g/mol. The highest BCUT2D eigenvalue weighted by Gasteiger charge is 1.98. The summed E-state index contributed by atoms with van der Waals surface area (Å²) in [5, 5.41) is 0. The maximum absolute atomic E-state index is 12.8. The largest absolute Gasteiger partial charge is 0.381 e.